The van der Waals surface area contributed by atoms with E-state index in [-0.39, 0.29) is 0 Å². The summed E-state index contributed by atoms with van der Waals surface area (Å²) in [7, 11) is 0. The molecular weight excluding hydrogens is 320 g/mol. The molecule has 0 amide bonds. The van der Waals surface area contributed by atoms with Crippen LogP contribution in [-0.4, -0.2) is 22.7 Å². The van der Waals surface area contributed by atoms with E-state index < -0.39 is 0 Å². The van der Waals surface area contributed by atoms with E-state index in [0.29, 0.717) is 0 Å². The molecular formula is C22H22N4. The van der Waals surface area contributed by atoms with Crippen molar-refractivity contribution in [3.8, 4) is 5.69 Å². The van der Waals surface area contributed by atoms with E-state index in [1.807, 2.05) is 17.1 Å². The van der Waals surface area contributed by atoms with Gasteiger partial charge in [0.2, 0.25) is 0 Å². The molecule has 4 heteroatoms. The first-order valence-corrected chi connectivity index (χ1v) is 9.07. The molecule has 0 fully saturated rings. The van der Waals surface area contributed by atoms with Crippen LogP contribution in [0.4, 0.5) is 5.69 Å². The van der Waals surface area contributed by atoms with E-state index in [1.165, 1.54) is 21.8 Å². The smallest absolute Gasteiger partial charge is 0.0875 e. The Kier molecular flexibility index (Phi) is 4.40. The van der Waals surface area contributed by atoms with Crippen LogP contribution >= 0.6 is 0 Å². The second-order valence-corrected chi connectivity index (χ2v) is 6.21. The molecule has 0 aliphatic rings. The molecule has 0 unspecified atom stereocenters. The standard InChI is InChI=1S/C22H22N4/c1-3-25(4-2)24-23-17-13-15-18(16-14-17)26-21-11-7-5-9-19(21)20-10-6-8-12-22(20)26/h5-16H,3-4H2,1-2H3. The van der Waals surface area contributed by atoms with Gasteiger partial charge in [0.15, 0.2) is 0 Å². The van der Waals surface area contributed by atoms with Crippen molar-refractivity contribution in [2.45, 2.75) is 13.8 Å². The summed E-state index contributed by atoms with van der Waals surface area (Å²) in [5, 5.41) is 13.1. The minimum absolute atomic E-state index is 0.861. The molecule has 0 aliphatic carbocycles. The highest BCUT2D eigenvalue weighted by molar-refractivity contribution is 6.09. The minimum atomic E-state index is 0.861. The molecule has 1 aromatic heterocycles. The van der Waals surface area contributed by atoms with Crippen molar-refractivity contribution in [1.82, 2.24) is 9.58 Å². The van der Waals surface area contributed by atoms with Crippen molar-refractivity contribution < 1.29 is 0 Å². The molecule has 4 nitrogen and oxygen atoms in total. The van der Waals surface area contributed by atoms with Crippen LogP contribution in [0.25, 0.3) is 27.5 Å². The third-order valence-electron chi connectivity index (χ3n) is 4.70. The zero-order chi connectivity index (χ0) is 17.9. The number of para-hydroxylation sites is 2. The Hall–Kier alpha value is -3.14. The monoisotopic (exact) mass is 342 g/mol. The van der Waals surface area contributed by atoms with Crippen LogP contribution in [0.3, 0.4) is 0 Å². The largest absolute Gasteiger partial charge is 0.309 e. The summed E-state index contributed by atoms with van der Waals surface area (Å²) in [4.78, 5) is 0. The Morgan fingerprint density at radius 2 is 1.27 bits per heavy atom. The predicted octanol–water partition coefficient (Wildman–Crippen LogP) is 6.12. The zero-order valence-electron chi connectivity index (χ0n) is 15.1. The van der Waals surface area contributed by atoms with Gasteiger partial charge < -0.3 is 4.57 Å². The van der Waals surface area contributed by atoms with Crippen LogP contribution in [0.5, 0.6) is 0 Å². The fourth-order valence-electron chi connectivity index (χ4n) is 3.33. The van der Waals surface area contributed by atoms with Crippen molar-refractivity contribution in [3.63, 3.8) is 0 Å². The Labute approximate surface area is 153 Å². The first-order chi connectivity index (χ1) is 12.8. The Morgan fingerprint density at radius 3 is 1.81 bits per heavy atom. The summed E-state index contributed by atoms with van der Waals surface area (Å²) in [6.45, 7) is 5.88. The molecule has 0 saturated heterocycles. The van der Waals surface area contributed by atoms with Gasteiger partial charge in [-0.25, -0.2) is 0 Å². The van der Waals surface area contributed by atoms with E-state index in [0.717, 1.165) is 24.5 Å². The van der Waals surface area contributed by atoms with Crippen LogP contribution in [0.1, 0.15) is 13.8 Å². The number of fused-ring (bicyclic) bond motifs is 3. The van der Waals surface area contributed by atoms with Crippen LogP contribution < -0.4 is 0 Å². The van der Waals surface area contributed by atoms with Crippen LogP contribution in [-0.2, 0) is 0 Å². The molecule has 0 N–H and O–H groups in total. The summed E-state index contributed by atoms with van der Waals surface area (Å²) >= 11 is 0. The fraction of sp³-hybridized carbons (Fsp3) is 0.182. The molecule has 1 heterocycles. The molecule has 130 valence electrons. The van der Waals surface area contributed by atoms with Crippen molar-refractivity contribution >= 4 is 27.5 Å². The third kappa shape index (κ3) is 2.84. The second kappa shape index (κ2) is 7.00. The third-order valence-corrected chi connectivity index (χ3v) is 4.70. The molecule has 0 aliphatic heterocycles. The summed E-state index contributed by atoms with van der Waals surface area (Å²) in [5.74, 6) is 0. The van der Waals surface area contributed by atoms with Crippen molar-refractivity contribution in [1.29, 1.82) is 0 Å². The lowest BCUT2D eigenvalue weighted by Gasteiger charge is -2.11. The van der Waals surface area contributed by atoms with Gasteiger partial charge in [-0.15, -0.1) is 5.11 Å². The molecule has 0 radical (unpaired) electrons. The minimum Gasteiger partial charge on any atom is -0.309 e. The average Bonchev–Trinajstić information content (AvgIpc) is 3.04. The summed E-state index contributed by atoms with van der Waals surface area (Å²) < 4.78 is 2.30. The number of hydrogen-bond acceptors (Lipinski definition) is 2. The second-order valence-electron chi connectivity index (χ2n) is 6.21. The van der Waals surface area contributed by atoms with E-state index in [4.69, 9.17) is 0 Å². The highest BCUT2D eigenvalue weighted by Gasteiger charge is 2.10. The van der Waals surface area contributed by atoms with Gasteiger partial charge in [0.1, 0.15) is 0 Å². The average molecular weight is 342 g/mol. The summed E-state index contributed by atoms with van der Waals surface area (Å²) in [6.07, 6.45) is 0. The van der Waals surface area contributed by atoms with Gasteiger partial charge in [-0.3, -0.25) is 5.01 Å². The van der Waals surface area contributed by atoms with Crippen molar-refractivity contribution in [3.05, 3.63) is 72.8 Å². The Bertz CT molecular complexity index is 1000. The molecule has 3 aromatic carbocycles. The number of nitrogens with zero attached hydrogens (tertiary/aromatic N) is 4. The topological polar surface area (TPSA) is 32.9 Å². The van der Waals surface area contributed by atoms with Gasteiger partial charge in [0, 0.05) is 29.5 Å². The molecule has 4 aromatic rings. The number of rotatable bonds is 5. The molecule has 0 atom stereocenters. The number of aromatic nitrogens is 1. The molecule has 0 bridgehead atoms. The van der Waals surface area contributed by atoms with E-state index in [1.54, 1.807) is 0 Å². The normalized spacial score (nSPS) is 11.6. The van der Waals surface area contributed by atoms with Gasteiger partial charge in [0.05, 0.1) is 16.7 Å². The maximum absolute atomic E-state index is 4.34. The Morgan fingerprint density at radius 1 is 0.731 bits per heavy atom. The van der Waals surface area contributed by atoms with E-state index in [9.17, 15) is 0 Å². The molecule has 0 saturated carbocycles. The predicted molar refractivity (Wildman–Crippen MR) is 108 cm³/mol. The van der Waals surface area contributed by atoms with Gasteiger partial charge in [-0.2, -0.15) is 0 Å². The SMILES string of the molecule is CCN(CC)N=Nc1ccc(-n2c3ccccc3c3ccccc32)cc1. The van der Waals surface area contributed by atoms with Crippen LogP contribution in [0.15, 0.2) is 83.1 Å². The maximum atomic E-state index is 4.34. The summed E-state index contributed by atoms with van der Waals surface area (Å²) in [6, 6.07) is 25.3. The van der Waals surface area contributed by atoms with E-state index >= 15 is 0 Å². The quantitative estimate of drug-likeness (QED) is 0.317. The zero-order valence-corrected chi connectivity index (χ0v) is 15.1. The molecule has 0 spiro atoms. The molecule has 26 heavy (non-hydrogen) atoms. The van der Waals surface area contributed by atoms with Crippen molar-refractivity contribution in [2.75, 3.05) is 13.1 Å². The lowest BCUT2D eigenvalue weighted by Crippen LogP contribution is -2.14. The highest BCUT2D eigenvalue weighted by Crippen LogP contribution is 2.32. The number of benzene rings is 3. The Balaban J connectivity index is 1.78. The maximum Gasteiger partial charge on any atom is 0.0875 e. The lowest BCUT2D eigenvalue weighted by atomic mass is 10.2. The van der Waals surface area contributed by atoms with Crippen LogP contribution in [0.2, 0.25) is 0 Å². The van der Waals surface area contributed by atoms with Crippen molar-refractivity contribution in [2.24, 2.45) is 10.3 Å². The lowest BCUT2D eigenvalue weighted by molar-refractivity contribution is 0.301. The van der Waals surface area contributed by atoms with Gasteiger partial charge in [0.25, 0.3) is 0 Å². The van der Waals surface area contributed by atoms with Gasteiger partial charge >= 0.3 is 0 Å². The van der Waals surface area contributed by atoms with Gasteiger partial charge in [-0.1, -0.05) is 41.6 Å². The fourth-order valence-corrected chi connectivity index (χ4v) is 3.33. The van der Waals surface area contributed by atoms with Crippen LogP contribution in [0, 0.1) is 0 Å². The highest BCUT2D eigenvalue weighted by atomic mass is 15.5. The number of hydrogen-bond donors (Lipinski definition) is 0. The first kappa shape index (κ1) is 16.3. The summed E-state index contributed by atoms with van der Waals surface area (Å²) in [5.41, 5.74) is 4.42. The molecule has 4 rings (SSSR count). The first-order valence-electron chi connectivity index (χ1n) is 9.07. The van der Waals surface area contributed by atoms with Gasteiger partial charge in [-0.05, 0) is 50.2 Å². The van der Waals surface area contributed by atoms with E-state index in [2.05, 4.69) is 89.4 Å².